The van der Waals surface area contributed by atoms with Gasteiger partial charge in [0, 0.05) is 11.4 Å². The van der Waals surface area contributed by atoms with Crippen LogP contribution in [0.2, 0.25) is 0 Å². The van der Waals surface area contributed by atoms with Crippen molar-refractivity contribution in [1.29, 1.82) is 0 Å². The predicted octanol–water partition coefficient (Wildman–Crippen LogP) is 3.70. The molecule has 4 rings (SSSR count). The van der Waals surface area contributed by atoms with E-state index in [0.29, 0.717) is 17.2 Å². The quantitative estimate of drug-likeness (QED) is 0.673. The van der Waals surface area contributed by atoms with E-state index in [2.05, 4.69) is 26.2 Å². The lowest BCUT2D eigenvalue weighted by atomic mass is 9.94. The lowest BCUT2D eigenvalue weighted by molar-refractivity contribution is -0.113. The second kappa shape index (κ2) is 7.98. The van der Waals surface area contributed by atoms with E-state index in [1.165, 1.54) is 0 Å². The van der Waals surface area contributed by atoms with Crippen LogP contribution in [0.1, 0.15) is 37.9 Å². The van der Waals surface area contributed by atoms with Crippen molar-refractivity contribution in [2.45, 2.75) is 39.8 Å². The van der Waals surface area contributed by atoms with Gasteiger partial charge in [-0.2, -0.15) is 4.68 Å². The number of anilines is 2. The summed E-state index contributed by atoms with van der Waals surface area (Å²) < 4.78 is 7.47. The van der Waals surface area contributed by atoms with Crippen molar-refractivity contribution in [2.75, 3.05) is 10.6 Å². The molecule has 0 radical (unpaired) electrons. The molecule has 1 unspecified atom stereocenters. The van der Waals surface area contributed by atoms with Crippen LogP contribution in [0.3, 0.4) is 0 Å². The molecule has 0 bridgehead atoms. The molecule has 8 nitrogen and oxygen atoms in total. The summed E-state index contributed by atoms with van der Waals surface area (Å²) in [6.45, 7) is 7.80. The van der Waals surface area contributed by atoms with E-state index in [1.54, 1.807) is 4.68 Å². The van der Waals surface area contributed by atoms with Crippen LogP contribution in [0, 0.1) is 6.92 Å². The Labute approximate surface area is 174 Å². The first-order valence-corrected chi connectivity index (χ1v) is 9.82. The minimum Gasteiger partial charge on any atom is -0.491 e. The van der Waals surface area contributed by atoms with E-state index in [4.69, 9.17) is 4.74 Å². The summed E-state index contributed by atoms with van der Waals surface area (Å²) in [5.41, 5.74) is 3.95. The van der Waals surface area contributed by atoms with Crippen LogP contribution >= 0.6 is 0 Å². The zero-order valence-corrected chi connectivity index (χ0v) is 17.4. The summed E-state index contributed by atoms with van der Waals surface area (Å²) in [6, 6.07) is 14.9. The average Bonchev–Trinajstić information content (AvgIpc) is 3.16. The van der Waals surface area contributed by atoms with E-state index in [-0.39, 0.29) is 12.0 Å². The number of fused-ring (bicyclic) bond motifs is 1. The molecule has 154 valence electrons. The Hall–Kier alpha value is -3.68. The second-order valence-electron chi connectivity index (χ2n) is 7.57. The second-order valence-corrected chi connectivity index (χ2v) is 7.57. The molecule has 3 aromatic rings. The average molecular weight is 404 g/mol. The van der Waals surface area contributed by atoms with Crippen molar-refractivity contribution in [1.82, 2.24) is 20.2 Å². The molecule has 1 atom stereocenters. The van der Waals surface area contributed by atoms with Crippen LogP contribution in [0.25, 0.3) is 0 Å². The van der Waals surface area contributed by atoms with Crippen LogP contribution in [-0.2, 0) is 4.79 Å². The number of aryl methyl sites for hydroxylation is 1. The summed E-state index contributed by atoms with van der Waals surface area (Å²) in [7, 11) is 0. The van der Waals surface area contributed by atoms with Gasteiger partial charge in [0.1, 0.15) is 11.8 Å². The number of amides is 1. The number of hydrogen-bond donors (Lipinski definition) is 2. The molecule has 1 aliphatic rings. The Bertz CT molecular complexity index is 1100. The van der Waals surface area contributed by atoms with E-state index in [1.807, 2.05) is 76.2 Å². The summed E-state index contributed by atoms with van der Waals surface area (Å²) in [5.74, 6) is 0.997. The molecule has 1 aliphatic heterocycles. The summed E-state index contributed by atoms with van der Waals surface area (Å²) >= 11 is 0. The van der Waals surface area contributed by atoms with Crippen molar-refractivity contribution in [3.63, 3.8) is 0 Å². The lowest BCUT2D eigenvalue weighted by Crippen LogP contribution is -2.31. The van der Waals surface area contributed by atoms with Crippen LogP contribution in [0.15, 0.2) is 59.8 Å². The topological polar surface area (TPSA) is 94.0 Å². The fourth-order valence-electron chi connectivity index (χ4n) is 3.48. The van der Waals surface area contributed by atoms with Crippen molar-refractivity contribution in [3.8, 4) is 5.75 Å². The molecule has 2 heterocycles. The number of carbonyl (C=O) groups is 1. The Kier molecular flexibility index (Phi) is 5.22. The van der Waals surface area contributed by atoms with Gasteiger partial charge in [-0.05, 0) is 68.0 Å². The Balaban J connectivity index is 1.74. The number of nitrogens with zero attached hydrogens (tertiary/aromatic N) is 4. The van der Waals surface area contributed by atoms with Gasteiger partial charge in [-0.25, -0.2) is 0 Å². The smallest absolute Gasteiger partial charge is 0.255 e. The zero-order chi connectivity index (χ0) is 21.3. The zero-order valence-electron chi connectivity index (χ0n) is 17.4. The molecule has 1 aromatic heterocycles. The third kappa shape index (κ3) is 3.89. The highest BCUT2D eigenvalue weighted by atomic mass is 16.5. The third-order valence-electron chi connectivity index (χ3n) is 4.81. The molecule has 0 spiro atoms. The number of hydrogen-bond acceptors (Lipinski definition) is 6. The normalized spacial score (nSPS) is 15.6. The predicted molar refractivity (Wildman–Crippen MR) is 114 cm³/mol. The summed E-state index contributed by atoms with van der Waals surface area (Å²) in [6.07, 6.45) is 0.0402. The van der Waals surface area contributed by atoms with Gasteiger partial charge >= 0.3 is 0 Å². The van der Waals surface area contributed by atoms with Gasteiger partial charge in [0.05, 0.1) is 11.7 Å². The largest absolute Gasteiger partial charge is 0.491 e. The van der Waals surface area contributed by atoms with Gasteiger partial charge in [-0.15, -0.1) is 0 Å². The highest BCUT2D eigenvalue weighted by Crippen LogP contribution is 2.36. The standard InChI is InChI=1S/C22H24N6O2/c1-13(2)30-18-7-5-6-16(12-18)20-19(15(4)23-22-25-26-27-28(20)22)21(29)24-17-10-8-14(3)9-11-17/h5-13,20H,1-4H3,(H,24,29)(H,23,25,27). The first-order chi connectivity index (χ1) is 14.4. The highest BCUT2D eigenvalue weighted by Gasteiger charge is 2.34. The van der Waals surface area contributed by atoms with E-state index in [0.717, 1.165) is 22.6 Å². The third-order valence-corrected chi connectivity index (χ3v) is 4.81. The summed E-state index contributed by atoms with van der Waals surface area (Å²) in [4.78, 5) is 13.3. The number of carbonyl (C=O) groups excluding carboxylic acids is 1. The molecule has 30 heavy (non-hydrogen) atoms. The molecule has 0 fully saturated rings. The van der Waals surface area contributed by atoms with Gasteiger partial charge in [0.2, 0.25) is 5.95 Å². The molecular formula is C22H24N6O2. The monoisotopic (exact) mass is 404 g/mol. The van der Waals surface area contributed by atoms with Gasteiger partial charge in [0.25, 0.3) is 5.91 Å². The maximum absolute atomic E-state index is 13.3. The number of rotatable bonds is 5. The van der Waals surface area contributed by atoms with Crippen molar-refractivity contribution in [2.24, 2.45) is 0 Å². The minimum absolute atomic E-state index is 0.0402. The molecule has 0 saturated heterocycles. The Morgan fingerprint density at radius 1 is 1.17 bits per heavy atom. The SMILES string of the molecule is CC1=C(C(=O)Nc2ccc(C)cc2)C(c2cccc(OC(C)C)c2)n2nnnc2N1. The molecule has 2 aromatic carbocycles. The first kappa shape index (κ1) is 19.6. The maximum atomic E-state index is 13.3. The highest BCUT2D eigenvalue weighted by molar-refractivity contribution is 6.06. The molecule has 0 aliphatic carbocycles. The molecule has 2 N–H and O–H groups in total. The molecule has 0 saturated carbocycles. The minimum atomic E-state index is -0.489. The van der Waals surface area contributed by atoms with Gasteiger partial charge in [-0.3, -0.25) is 4.79 Å². The van der Waals surface area contributed by atoms with E-state index in [9.17, 15) is 4.79 Å². The van der Waals surface area contributed by atoms with Crippen LogP contribution in [0.5, 0.6) is 5.75 Å². The van der Waals surface area contributed by atoms with Crippen LogP contribution < -0.4 is 15.4 Å². The molecular weight excluding hydrogens is 380 g/mol. The van der Waals surface area contributed by atoms with Crippen molar-refractivity contribution in [3.05, 3.63) is 70.9 Å². The number of ether oxygens (including phenoxy) is 1. The van der Waals surface area contributed by atoms with Gasteiger partial charge in [0.15, 0.2) is 0 Å². The Morgan fingerprint density at radius 2 is 1.93 bits per heavy atom. The molecule has 1 amide bonds. The number of benzene rings is 2. The summed E-state index contributed by atoms with van der Waals surface area (Å²) in [5, 5.41) is 18.1. The lowest BCUT2D eigenvalue weighted by Gasteiger charge is -2.28. The van der Waals surface area contributed by atoms with Crippen molar-refractivity contribution < 1.29 is 9.53 Å². The fraction of sp³-hybridized carbons (Fsp3) is 0.273. The van der Waals surface area contributed by atoms with Crippen LogP contribution in [0.4, 0.5) is 11.6 Å². The number of nitrogens with one attached hydrogen (secondary N) is 2. The van der Waals surface area contributed by atoms with Crippen molar-refractivity contribution >= 4 is 17.5 Å². The number of tetrazole rings is 1. The number of allylic oxidation sites excluding steroid dienone is 1. The molecule has 8 heteroatoms. The first-order valence-electron chi connectivity index (χ1n) is 9.82. The van der Waals surface area contributed by atoms with Gasteiger partial charge < -0.3 is 15.4 Å². The fourth-order valence-corrected chi connectivity index (χ4v) is 3.48. The van der Waals surface area contributed by atoms with E-state index < -0.39 is 6.04 Å². The van der Waals surface area contributed by atoms with E-state index >= 15 is 0 Å². The number of aromatic nitrogens is 4. The van der Waals surface area contributed by atoms with Gasteiger partial charge in [-0.1, -0.05) is 34.9 Å². The Morgan fingerprint density at radius 3 is 2.67 bits per heavy atom. The maximum Gasteiger partial charge on any atom is 0.255 e. The van der Waals surface area contributed by atoms with Crippen LogP contribution in [-0.4, -0.2) is 32.2 Å².